The van der Waals surface area contributed by atoms with Gasteiger partial charge in [-0.05, 0) is 31.2 Å². The molecule has 0 saturated heterocycles. The predicted octanol–water partition coefficient (Wildman–Crippen LogP) is 0.331. The Bertz CT molecular complexity index is 846. The van der Waals surface area contributed by atoms with Crippen LogP contribution in [0.25, 0.3) is 10.9 Å². The number of hydrogen-bond acceptors (Lipinski definition) is 2. The molecule has 0 atom stereocenters. The van der Waals surface area contributed by atoms with Crippen LogP contribution in [0.3, 0.4) is 0 Å². The number of methoxy groups -OCH3 is 1. The maximum absolute atomic E-state index is 12.5. The fraction of sp³-hybridized carbons (Fsp3) is 0.158. The summed E-state index contributed by atoms with van der Waals surface area (Å²) in [6.45, 7) is 2.38. The maximum atomic E-state index is 12.5. The fourth-order valence-corrected chi connectivity index (χ4v) is 2.58. The molecule has 0 aliphatic heterocycles. The van der Waals surface area contributed by atoms with Crippen molar-refractivity contribution in [3.63, 3.8) is 0 Å². The SMILES string of the molecule is COc1cccc(C(=O)C[n+]2cccc3cc(C)ccc32)c1.[Br-]. The number of pyridine rings is 1. The van der Waals surface area contributed by atoms with Gasteiger partial charge in [0.15, 0.2) is 6.20 Å². The Hall–Kier alpha value is -2.20. The number of ketones is 1. The smallest absolute Gasteiger partial charge is 0.227 e. The average molecular weight is 372 g/mol. The molecule has 0 bridgehead atoms. The molecule has 3 aromatic rings. The molecule has 4 heteroatoms. The van der Waals surface area contributed by atoms with Crippen LogP contribution >= 0.6 is 0 Å². The molecule has 2 aromatic carbocycles. The maximum Gasteiger partial charge on any atom is 0.227 e. The van der Waals surface area contributed by atoms with E-state index >= 15 is 0 Å². The number of aromatic nitrogens is 1. The van der Waals surface area contributed by atoms with E-state index in [2.05, 4.69) is 31.2 Å². The lowest BCUT2D eigenvalue weighted by Gasteiger charge is -2.04. The molecule has 118 valence electrons. The summed E-state index contributed by atoms with van der Waals surface area (Å²) in [5.41, 5.74) is 2.93. The van der Waals surface area contributed by atoms with Crippen molar-refractivity contribution in [2.24, 2.45) is 0 Å². The van der Waals surface area contributed by atoms with Crippen molar-refractivity contribution in [1.82, 2.24) is 0 Å². The summed E-state index contributed by atoms with van der Waals surface area (Å²) in [4.78, 5) is 12.5. The number of nitrogens with zero attached hydrogens (tertiary/aromatic N) is 1. The van der Waals surface area contributed by atoms with E-state index in [1.807, 2.05) is 35.0 Å². The average Bonchev–Trinajstić information content (AvgIpc) is 2.54. The molecule has 0 N–H and O–H groups in total. The van der Waals surface area contributed by atoms with E-state index in [1.165, 1.54) is 5.56 Å². The van der Waals surface area contributed by atoms with Crippen LogP contribution in [0.4, 0.5) is 0 Å². The van der Waals surface area contributed by atoms with Crippen LogP contribution in [0.2, 0.25) is 0 Å². The summed E-state index contributed by atoms with van der Waals surface area (Å²) in [7, 11) is 1.60. The minimum absolute atomic E-state index is 0. The molecule has 0 unspecified atom stereocenters. The van der Waals surface area contributed by atoms with Crippen LogP contribution < -0.4 is 26.3 Å². The molecular weight excluding hydrogens is 354 g/mol. The molecule has 23 heavy (non-hydrogen) atoms. The third-order valence-electron chi connectivity index (χ3n) is 3.74. The Balaban J connectivity index is 0.00000192. The van der Waals surface area contributed by atoms with E-state index in [4.69, 9.17) is 4.74 Å². The Morgan fingerprint density at radius 3 is 2.70 bits per heavy atom. The summed E-state index contributed by atoms with van der Waals surface area (Å²) in [6.07, 6.45) is 1.94. The monoisotopic (exact) mass is 371 g/mol. The number of fused-ring (bicyclic) bond motifs is 1. The first-order valence-corrected chi connectivity index (χ1v) is 7.23. The number of carbonyl (C=O) groups excluding carboxylic acids is 1. The van der Waals surface area contributed by atoms with Crippen molar-refractivity contribution in [3.8, 4) is 5.75 Å². The first kappa shape index (κ1) is 17.2. The van der Waals surface area contributed by atoms with Gasteiger partial charge < -0.3 is 21.7 Å². The Labute approximate surface area is 146 Å². The number of benzene rings is 2. The second-order valence-electron chi connectivity index (χ2n) is 5.35. The highest BCUT2D eigenvalue weighted by Crippen LogP contribution is 2.14. The number of aryl methyl sites for hydroxylation is 1. The quantitative estimate of drug-likeness (QED) is 0.488. The lowest BCUT2D eigenvalue weighted by atomic mass is 10.1. The molecule has 1 heterocycles. The second-order valence-corrected chi connectivity index (χ2v) is 5.35. The zero-order valence-corrected chi connectivity index (χ0v) is 14.7. The van der Waals surface area contributed by atoms with Gasteiger partial charge in [-0.3, -0.25) is 4.79 Å². The Morgan fingerprint density at radius 2 is 1.91 bits per heavy atom. The van der Waals surface area contributed by atoms with Crippen molar-refractivity contribution < 1.29 is 31.1 Å². The number of Topliss-reactive ketones (excluding diaryl/α,β-unsaturated/α-hetero) is 1. The number of rotatable bonds is 4. The summed E-state index contributed by atoms with van der Waals surface area (Å²) < 4.78 is 7.16. The van der Waals surface area contributed by atoms with Crippen LogP contribution in [0, 0.1) is 6.92 Å². The highest BCUT2D eigenvalue weighted by molar-refractivity contribution is 5.95. The van der Waals surface area contributed by atoms with Crippen LogP contribution in [-0.4, -0.2) is 12.9 Å². The van der Waals surface area contributed by atoms with Crippen LogP contribution in [-0.2, 0) is 6.54 Å². The summed E-state index contributed by atoms with van der Waals surface area (Å²) in [5.74, 6) is 0.765. The van der Waals surface area contributed by atoms with E-state index < -0.39 is 0 Å². The molecule has 0 amide bonds. The zero-order chi connectivity index (χ0) is 15.5. The number of halogens is 1. The predicted molar refractivity (Wildman–Crippen MR) is 86.2 cm³/mol. The third kappa shape index (κ3) is 3.77. The molecule has 0 spiro atoms. The van der Waals surface area contributed by atoms with Crippen LogP contribution in [0.15, 0.2) is 60.8 Å². The van der Waals surface area contributed by atoms with E-state index in [1.54, 1.807) is 13.2 Å². The topological polar surface area (TPSA) is 30.2 Å². The van der Waals surface area contributed by atoms with E-state index in [9.17, 15) is 4.79 Å². The molecule has 0 aliphatic carbocycles. The minimum atomic E-state index is 0. The van der Waals surface area contributed by atoms with Gasteiger partial charge >= 0.3 is 0 Å². The minimum Gasteiger partial charge on any atom is -1.00 e. The van der Waals surface area contributed by atoms with Gasteiger partial charge in [0.05, 0.1) is 7.11 Å². The van der Waals surface area contributed by atoms with Gasteiger partial charge in [-0.1, -0.05) is 23.8 Å². The van der Waals surface area contributed by atoms with Crippen molar-refractivity contribution in [1.29, 1.82) is 0 Å². The van der Waals surface area contributed by atoms with Gasteiger partial charge in [0.1, 0.15) is 5.75 Å². The Morgan fingerprint density at radius 1 is 1.09 bits per heavy atom. The Kier molecular flexibility index (Phi) is 5.50. The summed E-state index contributed by atoms with van der Waals surface area (Å²) in [6, 6.07) is 17.6. The highest BCUT2D eigenvalue weighted by Gasteiger charge is 2.15. The molecule has 0 fully saturated rings. The van der Waals surface area contributed by atoms with Crippen molar-refractivity contribution >= 4 is 16.7 Å². The molecule has 0 saturated carbocycles. The highest BCUT2D eigenvalue weighted by atomic mass is 79.9. The van der Waals surface area contributed by atoms with Gasteiger partial charge in [-0.2, -0.15) is 4.57 Å². The first-order valence-electron chi connectivity index (χ1n) is 7.23. The molecule has 0 radical (unpaired) electrons. The molecule has 3 rings (SSSR count). The van der Waals surface area contributed by atoms with Crippen molar-refractivity contribution in [2.75, 3.05) is 7.11 Å². The number of ether oxygens (including phenoxy) is 1. The van der Waals surface area contributed by atoms with Gasteiger partial charge in [-0.25, -0.2) is 0 Å². The summed E-state index contributed by atoms with van der Waals surface area (Å²) >= 11 is 0. The summed E-state index contributed by atoms with van der Waals surface area (Å²) in [5, 5.41) is 1.14. The van der Waals surface area contributed by atoms with Crippen LogP contribution in [0.5, 0.6) is 5.75 Å². The van der Waals surface area contributed by atoms with E-state index in [-0.39, 0.29) is 22.8 Å². The van der Waals surface area contributed by atoms with Crippen molar-refractivity contribution in [3.05, 3.63) is 71.9 Å². The van der Waals surface area contributed by atoms with E-state index in [0.29, 0.717) is 17.9 Å². The number of carbonyl (C=O) groups is 1. The first-order chi connectivity index (χ1) is 10.7. The lowest BCUT2D eigenvalue weighted by Crippen LogP contribution is -3.00. The molecule has 3 nitrogen and oxygen atoms in total. The second kappa shape index (κ2) is 7.38. The van der Waals surface area contributed by atoms with Gasteiger partial charge in [0.25, 0.3) is 0 Å². The fourth-order valence-electron chi connectivity index (χ4n) is 2.58. The van der Waals surface area contributed by atoms with Gasteiger partial charge in [-0.15, -0.1) is 0 Å². The molecular formula is C19H18BrNO2. The molecule has 0 aliphatic rings. The third-order valence-corrected chi connectivity index (χ3v) is 3.74. The normalized spacial score (nSPS) is 10.2. The van der Waals surface area contributed by atoms with Gasteiger partial charge in [0, 0.05) is 23.1 Å². The lowest BCUT2D eigenvalue weighted by molar-refractivity contribution is -0.657. The largest absolute Gasteiger partial charge is 1.00 e. The van der Waals surface area contributed by atoms with Crippen molar-refractivity contribution in [2.45, 2.75) is 13.5 Å². The zero-order valence-electron chi connectivity index (χ0n) is 13.1. The van der Waals surface area contributed by atoms with Gasteiger partial charge in [0.2, 0.25) is 17.8 Å². The van der Waals surface area contributed by atoms with E-state index in [0.717, 1.165) is 10.9 Å². The van der Waals surface area contributed by atoms with Crippen LogP contribution in [0.1, 0.15) is 15.9 Å². The number of hydrogen-bond donors (Lipinski definition) is 0. The standard InChI is InChI=1S/C19H18NO2.BrH/c1-14-8-9-18-15(11-14)6-4-10-20(18)13-19(21)16-5-3-7-17(12-16)22-2;/h3-12H,13H2,1-2H3;1H/q+1;/p-1. The molecule has 1 aromatic heterocycles.